The lowest BCUT2D eigenvalue weighted by Gasteiger charge is -2.56. The SMILES string of the molecule is Cc1cn(C2CCOCC2)nc1C(=O)N1CCC12CCN(C)CC2. The van der Waals surface area contributed by atoms with Crippen LogP contribution in [0.1, 0.15) is 54.2 Å². The largest absolute Gasteiger partial charge is 0.381 e. The molecule has 0 atom stereocenters. The van der Waals surface area contributed by atoms with E-state index in [-0.39, 0.29) is 11.4 Å². The van der Waals surface area contributed by atoms with Crippen LogP contribution in [0.4, 0.5) is 0 Å². The zero-order chi connectivity index (χ0) is 16.7. The van der Waals surface area contributed by atoms with E-state index in [1.165, 1.54) is 0 Å². The number of likely N-dealkylation sites (tertiary alicyclic amines) is 2. The molecule has 24 heavy (non-hydrogen) atoms. The van der Waals surface area contributed by atoms with Gasteiger partial charge in [0.05, 0.1) is 6.04 Å². The van der Waals surface area contributed by atoms with Gasteiger partial charge in [-0.3, -0.25) is 9.48 Å². The maximum Gasteiger partial charge on any atom is 0.275 e. The lowest BCUT2D eigenvalue weighted by atomic mass is 9.76. The van der Waals surface area contributed by atoms with Gasteiger partial charge < -0.3 is 14.5 Å². The molecule has 0 bridgehead atoms. The van der Waals surface area contributed by atoms with Crippen LogP contribution < -0.4 is 0 Å². The molecule has 1 aromatic heterocycles. The summed E-state index contributed by atoms with van der Waals surface area (Å²) in [5, 5.41) is 4.69. The number of piperidine rings is 1. The van der Waals surface area contributed by atoms with Crippen LogP contribution >= 0.6 is 0 Å². The lowest BCUT2D eigenvalue weighted by Crippen LogP contribution is -2.65. The van der Waals surface area contributed by atoms with Gasteiger partial charge in [0, 0.05) is 50.1 Å². The number of nitrogens with zero attached hydrogens (tertiary/aromatic N) is 4. The van der Waals surface area contributed by atoms with Gasteiger partial charge in [0.2, 0.25) is 0 Å². The van der Waals surface area contributed by atoms with Crippen molar-refractivity contribution >= 4 is 5.91 Å². The molecule has 6 heteroatoms. The molecule has 0 N–H and O–H groups in total. The summed E-state index contributed by atoms with van der Waals surface area (Å²) < 4.78 is 7.44. The molecule has 3 aliphatic heterocycles. The van der Waals surface area contributed by atoms with Gasteiger partial charge in [0.1, 0.15) is 0 Å². The Morgan fingerprint density at radius 1 is 1.21 bits per heavy atom. The summed E-state index contributed by atoms with van der Waals surface area (Å²) in [6.07, 6.45) is 7.34. The zero-order valence-electron chi connectivity index (χ0n) is 14.8. The minimum Gasteiger partial charge on any atom is -0.381 e. The monoisotopic (exact) mass is 332 g/mol. The van der Waals surface area contributed by atoms with E-state index < -0.39 is 0 Å². The highest BCUT2D eigenvalue weighted by molar-refractivity contribution is 5.94. The van der Waals surface area contributed by atoms with Gasteiger partial charge in [0.15, 0.2) is 5.69 Å². The van der Waals surface area contributed by atoms with E-state index in [1.807, 2.05) is 17.8 Å². The highest BCUT2D eigenvalue weighted by Gasteiger charge is 2.49. The smallest absolute Gasteiger partial charge is 0.275 e. The Kier molecular flexibility index (Phi) is 4.12. The second kappa shape index (κ2) is 6.15. The first-order chi connectivity index (χ1) is 11.6. The molecule has 3 saturated heterocycles. The van der Waals surface area contributed by atoms with Crippen LogP contribution in [0, 0.1) is 6.92 Å². The Morgan fingerprint density at radius 3 is 2.50 bits per heavy atom. The van der Waals surface area contributed by atoms with Crippen LogP contribution in [0.3, 0.4) is 0 Å². The fourth-order valence-corrected chi connectivity index (χ4v) is 4.37. The van der Waals surface area contributed by atoms with E-state index in [0.717, 1.165) is 70.5 Å². The molecule has 4 rings (SSSR count). The number of ether oxygens (including phenoxy) is 1. The van der Waals surface area contributed by atoms with Crippen LogP contribution in [-0.2, 0) is 4.74 Å². The summed E-state index contributed by atoms with van der Waals surface area (Å²) in [7, 11) is 2.16. The normalized spacial score (nSPS) is 25.0. The number of hydrogen-bond donors (Lipinski definition) is 0. The number of carbonyl (C=O) groups excluding carboxylic acids is 1. The number of hydrogen-bond acceptors (Lipinski definition) is 4. The molecule has 0 aromatic carbocycles. The Labute approximate surface area is 143 Å². The average molecular weight is 332 g/mol. The molecule has 1 aromatic rings. The van der Waals surface area contributed by atoms with E-state index in [1.54, 1.807) is 0 Å². The standard InChI is InChI=1S/C18H28N4O2/c1-14-13-22(15-3-11-24-12-4-15)19-16(14)17(23)21-10-7-18(21)5-8-20(2)9-6-18/h13,15H,3-12H2,1-2H3. The van der Waals surface area contributed by atoms with Crippen molar-refractivity contribution in [1.82, 2.24) is 19.6 Å². The number of amides is 1. The van der Waals surface area contributed by atoms with Gasteiger partial charge in [-0.05, 0) is 46.1 Å². The quantitative estimate of drug-likeness (QED) is 0.829. The minimum absolute atomic E-state index is 0.0957. The van der Waals surface area contributed by atoms with E-state index in [0.29, 0.717) is 11.7 Å². The van der Waals surface area contributed by atoms with Crippen LogP contribution in [0.25, 0.3) is 0 Å². The molecule has 1 amide bonds. The summed E-state index contributed by atoms with van der Waals surface area (Å²) in [4.78, 5) is 17.6. The third kappa shape index (κ3) is 2.65. The molecule has 132 valence electrons. The van der Waals surface area contributed by atoms with Gasteiger partial charge in [0.25, 0.3) is 5.91 Å². The fourth-order valence-electron chi connectivity index (χ4n) is 4.37. The molecule has 0 radical (unpaired) electrons. The van der Waals surface area contributed by atoms with Crippen molar-refractivity contribution in [3.63, 3.8) is 0 Å². The predicted octanol–water partition coefficient (Wildman–Crippen LogP) is 1.85. The molecule has 1 spiro atoms. The van der Waals surface area contributed by atoms with E-state index in [9.17, 15) is 4.79 Å². The summed E-state index contributed by atoms with van der Waals surface area (Å²) in [6, 6.07) is 0.368. The van der Waals surface area contributed by atoms with Crippen molar-refractivity contribution in [3.8, 4) is 0 Å². The highest BCUT2D eigenvalue weighted by Crippen LogP contribution is 2.40. The second-order valence-corrected chi connectivity index (χ2v) is 7.72. The third-order valence-electron chi connectivity index (χ3n) is 6.22. The van der Waals surface area contributed by atoms with E-state index >= 15 is 0 Å². The number of carbonyl (C=O) groups is 1. The van der Waals surface area contributed by atoms with Crippen molar-refractivity contribution in [3.05, 3.63) is 17.5 Å². The average Bonchev–Trinajstić information content (AvgIpc) is 2.97. The number of aromatic nitrogens is 2. The Morgan fingerprint density at radius 2 is 1.88 bits per heavy atom. The van der Waals surface area contributed by atoms with Gasteiger partial charge in [-0.15, -0.1) is 0 Å². The third-order valence-corrected chi connectivity index (χ3v) is 6.22. The van der Waals surface area contributed by atoms with Crippen LogP contribution in [-0.4, -0.2) is 70.9 Å². The minimum atomic E-state index is 0.0957. The van der Waals surface area contributed by atoms with Crippen LogP contribution in [0.15, 0.2) is 6.20 Å². The predicted molar refractivity (Wildman–Crippen MR) is 91.2 cm³/mol. The van der Waals surface area contributed by atoms with Crippen molar-refractivity contribution in [1.29, 1.82) is 0 Å². The lowest BCUT2D eigenvalue weighted by molar-refractivity contribution is -0.0355. The molecule has 3 fully saturated rings. The van der Waals surface area contributed by atoms with Crippen molar-refractivity contribution < 1.29 is 9.53 Å². The highest BCUT2D eigenvalue weighted by atomic mass is 16.5. The Hall–Kier alpha value is -1.40. The Balaban J connectivity index is 1.51. The molecular formula is C18H28N4O2. The Bertz CT molecular complexity index is 613. The molecular weight excluding hydrogens is 304 g/mol. The molecule has 0 unspecified atom stereocenters. The summed E-state index contributed by atoms with van der Waals surface area (Å²) in [6.45, 7) is 6.63. The van der Waals surface area contributed by atoms with Gasteiger partial charge in [-0.2, -0.15) is 5.10 Å². The van der Waals surface area contributed by atoms with Gasteiger partial charge in [-0.25, -0.2) is 0 Å². The molecule has 4 heterocycles. The first kappa shape index (κ1) is 16.1. The molecule has 3 aliphatic rings. The maximum atomic E-state index is 13.1. The molecule has 0 saturated carbocycles. The summed E-state index contributed by atoms with van der Waals surface area (Å²) >= 11 is 0. The number of aryl methyl sites for hydroxylation is 1. The zero-order valence-corrected chi connectivity index (χ0v) is 14.8. The maximum absolute atomic E-state index is 13.1. The number of rotatable bonds is 2. The van der Waals surface area contributed by atoms with E-state index in [2.05, 4.69) is 21.9 Å². The first-order valence-electron chi connectivity index (χ1n) is 9.23. The van der Waals surface area contributed by atoms with E-state index in [4.69, 9.17) is 4.74 Å². The van der Waals surface area contributed by atoms with Crippen molar-refractivity contribution in [2.24, 2.45) is 0 Å². The summed E-state index contributed by atoms with van der Waals surface area (Å²) in [5.41, 5.74) is 1.75. The topological polar surface area (TPSA) is 50.6 Å². The van der Waals surface area contributed by atoms with Crippen molar-refractivity contribution in [2.75, 3.05) is 39.9 Å². The molecule has 0 aliphatic carbocycles. The first-order valence-corrected chi connectivity index (χ1v) is 9.23. The van der Waals surface area contributed by atoms with Crippen molar-refractivity contribution in [2.45, 2.75) is 50.6 Å². The van der Waals surface area contributed by atoms with Gasteiger partial charge in [-0.1, -0.05) is 0 Å². The van der Waals surface area contributed by atoms with Crippen LogP contribution in [0.5, 0.6) is 0 Å². The summed E-state index contributed by atoms with van der Waals surface area (Å²) in [5.74, 6) is 0.133. The fraction of sp³-hybridized carbons (Fsp3) is 0.778. The van der Waals surface area contributed by atoms with Crippen LogP contribution in [0.2, 0.25) is 0 Å². The molecule has 6 nitrogen and oxygen atoms in total. The second-order valence-electron chi connectivity index (χ2n) is 7.72. The van der Waals surface area contributed by atoms with Gasteiger partial charge >= 0.3 is 0 Å².